The monoisotopic (exact) mass is 346 g/mol. The van der Waals surface area contributed by atoms with Gasteiger partial charge in [-0.05, 0) is 29.8 Å². The number of aromatic carboxylic acids is 1. The summed E-state index contributed by atoms with van der Waals surface area (Å²) in [6.45, 7) is 0. The van der Waals surface area contributed by atoms with Gasteiger partial charge in [0.25, 0.3) is 0 Å². The van der Waals surface area contributed by atoms with Crippen molar-refractivity contribution in [1.29, 1.82) is 0 Å². The lowest BCUT2D eigenvalue weighted by Gasteiger charge is -2.11. The van der Waals surface area contributed by atoms with Crippen molar-refractivity contribution in [2.75, 3.05) is 14.2 Å². The van der Waals surface area contributed by atoms with Gasteiger partial charge in [-0.2, -0.15) is 0 Å². The molecule has 124 valence electrons. The number of ketones is 1. The smallest absolute Gasteiger partial charge is 0.339 e. The van der Waals surface area contributed by atoms with Crippen molar-refractivity contribution in [2.24, 2.45) is 0 Å². The van der Waals surface area contributed by atoms with Crippen molar-refractivity contribution in [3.05, 3.63) is 64.2 Å². The van der Waals surface area contributed by atoms with Crippen LogP contribution in [0.2, 0.25) is 5.02 Å². The fourth-order valence-corrected chi connectivity index (χ4v) is 2.22. The van der Waals surface area contributed by atoms with Gasteiger partial charge in [-0.1, -0.05) is 29.8 Å². The van der Waals surface area contributed by atoms with Crippen molar-refractivity contribution < 1.29 is 24.2 Å². The summed E-state index contributed by atoms with van der Waals surface area (Å²) in [4.78, 5) is 23.7. The Kier molecular flexibility index (Phi) is 5.60. The molecule has 0 aromatic heterocycles. The molecule has 0 aliphatic heterocycles. The van der Waals surface area contributed by atoms with E-state index in [2.05, 4.69) is 0 Å². The largest absolute Gasteiger partial charge is 0.496 e. The molecule has 24 heavy (non-hydrogen) atoms. The minimum absolute atomic E-state index is 0.110. The lowest BCUT2D eigenvalue weighted by Crippen LogP contribution is -2.06. The van der Waals surface area contributed by atoms with E-state index in [1.54, 1.807) is 30.3 Å². The Balaban J connectivity index is 2.38. The average Bonchev–Trinajstić information content (AvgIpc) is 2.59. The van der Waals surface area contributed by atoms with Crippen LogP contribution in [-0.4, -0.2) is 31.1 Å². The maximum Gasteiger partial charge on any atom is 0.339 e. The first-order valence-corrected chi connectivity index (χ1v) is 7.31. The van der Waals surface area contributed by atoms with Crippen LogP contribution in [0.15, 0.2) is 42.5 Å². The van der Waals surface area contributed by atoms with Gasteiger partial charge >= 0.3 is 5.97 Å². The lowest BCUT2D eigenvalue weighted by molar-refractivity contribution is 0.0693. The van der Waals surface area contributed by atoms with Gasteiger partial charge in [0.2, 0.25) is 0 Å². The SMILES string of the molecule is COc1cc(OC)c(C(=O)/C=C/c2ccc(Cl)cc2)cc1C(=O)O. The highest BCUT2D eigenvalue weighted by molar-refractivity contribution is 6.30. The number of carboxylic acid groups (broad SMARTS) is 1. The number of allylic oxidation sites excluding steroid dienone is 1. The van der Waals surface area contributed by atoms with E-state index in [1.165, 1.54) is 32.4 Å². The second kappa shape index (κ2) is 7.66. The van der Waals surface area contributed by atoms with E-state index in [9.17, 15) is 14.7 Å². The van der Waals surface area contributed by atoms with Crippen molar-refractivity contribution in [3.63, 3.8) is 0 Å². The molecule has 0 aliphatic carbocycles. The zero-order chi connectivity index (χ0) is 17.7. The van der Waals surface area contributed by atoms with Crippen molar-refractivity contribution in [3.8, 4) is 11.5 Å². The van der Waals surface area contributed by atoms with Crippen LogP contribution in [0, 0.1) is 0 Å². The standard InChI is InChI=1S/C18H15ClO5/c1-23-16-10-17(24-2)14(18(21)22)9-13(16)15(20)8-5-11-3-6-12(19)7-4-11/h3-10H,1-2H3,(H,21,22)/b8-5+. The van der Waals surface area contributed by atoms with Crippen LogP contribution in [0.5, 0.6) is 11.5 Å². The van der Waals surface area contributed by atoms with E-state index < -0.39 is 5.97 Å². The molecule has 0 aliphatic rings. The second-order valence-electron chi connectivity index (χ2n) is 4.81. The molecule has 0 unspecified atom stereocenters. The number of halogens is 1. The van der Waals surface area contributed by atoms with Crippen molar-refractivity contribution in [1.82, 2.24) is 0 Å². The quantitative estimate of drug-likeness (QED) is 0.633. The molecule has 0 spiro atoms. The predicted octanol–water partition coefficient (Wildman–Crippen LogP) is 3.95. The summed E-state index contributed by atoms with van der Waals surface area (Å²) >= 11 is 5.81. The molecule has 0 bridgehead atoms. The Labute approximate surface area is 144 Å². The number of carbonyl (C=O) groups is 2. The third-order valence-corrected chi connectivity index (χ3v) is 3.57. The summed E-state index contributed by atoms with van der Waals surface area (Å²) in [5.41, 5.74) is 0.821. The Morgan fingerprint density at radius 1 is 1.00 bits per heavy atom. The van der Waals surface area contributed by atoms with Gasteiger partial charge in [0.15, 0.2) is 5.78 Å². The molecule has 0 fully saturated rings. The van der Waals surface area contributed by atoms with Crippen LogP contribution in [-0.2, 0) is 0 Å². The third-order valence-electron chi connectivity index (χ3n) is 3.31. The first-order chi connectivity index (χ1) is 11.5. The number of carbonyl (C=O) groups excluding carboxylic acids is 1. The summed E-state index contributed by atoms with van der Waals surface area (Å²) in [5, 5.41) is 9.84. The Bertz CT molecular complexity index is 794. The fourth-order valence-electron chi connectivity index (χ4n) is 2.09. The summed E-state index contributed by atoms with van der Waals surface area (Å²) in [7, 11) is 2.75. The number of ether oxygens (including phenoxy) is 2. The molecule has 2 aromatic rings. The lowest BCUT2D eigenvalue weighted by atomic mass is 10.0. The minimum Gasteiger partial charge on any atom is -0.496 e. The first-order valence-electron chi connectivity index (χ1n) is 6.93. The molecule has 0 atom stereocenters. The summed E-state index contributed by atoms with van der Waals surface area (Å²) in [6, 6.07) is 9.58. The molecule has 0 heterocycles. The number of carboxylic acids is 1. The van der Waals surface area contributed by atoms with E-state index in [4.69, 9.17) is 21.1 Å². The maximum atomic E-state index is 12.4. The molecule has 2 rings (SSSR count). The third kappa shape index (κ3) is 3.94. The van der Waals surface area contributed by atoms with Gasteiger partial charge in [-0.15, -0.1) is 0 Å². The molecule has 0 saturated carbocycles. The topological polar surface area (TPSA) is 72.8 Å². The molecule has 5 nitrogen and oxygen atoms in total. The van der Waals surface area contributed by atoms with Gasteiger partial charge < -0.3 is 14.6 Å². The molecule has 6 heteroatoms. The Morgan fingerprint density at radius 2 is 1.58 bits per heavy atom. The van der Waals surface area contributed by atoms with Crippen LogP contribution in [0.1, 0.15) is 26.3 Å². The molecule has 1 N–H and O–H groups in total. The predicted molar refractivity (Wildman–Crippen MR) is 91.3 cm³/mol. The van der Waals surface area contributed by atoms with Crippen molar-refractivity contribution in [2.45, 2.75) is 0 Å². The molecule has 0 saturated heterocycles. The van der Waals surface area contributed by atoms with Crippen LogP contribution >= 0.6 is 11.6 Å². The van der Waals surface area contributed by atoms with E-state index in [0.717, 1.165) is 5.56 Å². The van der Waals surface area contributed by atoms with Crippen LogP contribution in [0.25, 0.3) is 6.08 Å². The first kappa shape index (κ1) is 17.6. The minimum atomic E-state index is -1.19. The van der Waals surface area contributed by atoms with Gasteiger partial charge in [0, 0.05) is 11.1 Å². The molecular weight excluding hydrogens is 332 g/mol. The number of rotatable bonds is 6. The molecule has 0 radical (unpaired) electrons. The van der Waals surface area contributed by atoms with Crippen LogP contribution in [0.3, 0.4) is 0 Å². The highest BCUT2D eigenvalue weighted by Crippen LogP contribution is 2.30. The van der Waals surface area contributed by atoms with Gasteiger partial charge in [0.05, 0.1) is 19.8 Å². The summed E-state index contributed by atoms with van der Waals surface area (Å²) < 4.78 is 10.2. The van der Waals surface area contributed by atoms with E-state index in [1.807, 2.05) is 0 Å². The van der Waals surface area contributed by atoms with E-state index >= 15 is 0 Å². The number of methoxy groups -OCH3 is 2. The number of hydrogen-bond donors (Lipinski definition) is 1. The highest BCUT2D eigenvalue weighted by Gasteiger charge is 2.19. The average molecular weight is 347 g/mol. The van der Waals surface area contributed by atoms with Crippen molar-refractivity contribution >= 4 is 29.4 Å². The molecular formula is C18H15ClO5. The number of hydrogen-bond acceptors (Lipinski definition) is 4. The second-order valence-corrected chi connectivity index (χ2v) is 5.24. The zero-order valence-corrected chi connectivity index (χ0v) is 13.8. The summed E-state index contributed by atoms with van der Waals surface area (Å²) in [5.74, 6) is -1.21. The van der Waals surface area contributed by atoms with Gasteiger partial charge in [-0.25, -0.2) is 4.79 Å². The van der Waals surface area contributed by atoms with Crippen LogP contribution in [0.4, 0.5) is 0 Å². The van der Waals surface area contributed by atoms with E-state index in [-0.39, 0.29) is 28.4 Å². The maximum absolute atomic E-state index is 12.4. The Hall–Kier alpha value is -2.79. The van der Waals surface area contributed by atoms with Crippen LogP contribution < -0.4 is 9.47 Å². The van der Waals surface area contributed by atoms with E-state index in [0.29, 0.717) is 5.02 Å². The fraction of sp³-hybridized carbons (Fsp3) is 0.111. The normalized spacial score (nSPS) is 10.6. The number of benzene rings is 2. The Morgan fingerprint density at radius 3 is 2.12 bits per heavy atom. The van der Waals surface area contributed by atoms with Gasteiger partial charge in [-0.3, -0.25) is 4.79 Å². The highest BCUT2D eigenvalue weighted by atomic mass is 35.5. The zero-order valence-electron chi connectivity index (χ0n) is 13.1. The molecule has 2 aromatic carbocycles. The molecule has 0 amide bonds. The summed E-state index contributed by atoms with van der Waals surface area (Å²) in [6.07, 6.45) is 2.96. The van der Waals surface area contributed by atoms with Gasteiger partial charge in [0.1, 0.15) is 17.1 Å².